The summed E-state index contributed by atoms with van der Waals surface area (Å²) in [6, 6.07) is 1.92. The molecule has 1 saturated carbocycles. The summed E-state index contributed by atoms with van der Waals surface area (Å²) in [5.74, 6) is 2.12. The second kappa shape index (κ2) is 5.55. The van der Waals surface area contributed by atoms with Gasteiger partial charge in [-0.3, -0.25) is 9.89 Å². The molecule has 1 aromatic heterocycles. The summed E-state index contributed by atoms with van der Waals surface area (Å²) in [7, 11) is 0. The molecule has 0 aromatic carbocycles. The maximum atomic E-state index is 12.1. The van der Waals surface area contributed by atoms with E-state index in [9.17, 15) is 4.79 Å². The molecule has 0 bridgehead atoms. The van der Waals surface area contributed by atoms with Gasteiger partial charge in [0, 0.05) is 17.7 Å². The topological polar surface area (TPSA) is 57.8 Å². The second-order valence-electron chi connectivity index (χ2n) is 5.81. The van der Waals surface area contributed by atoms with E-state index in [4.69, 9.17) is 0 Å². The molecule has 18 heavy (non-hydrogen) atoms. The Morgan fingerprint density at radius 2 is 2.06 bits per heavy atom. The normalized spacial score (nSPS) is 24.2. The highest BCUT2D eigenvalue weighted by molar-refractivity contribution is 5.91. The van der Waals surface area contributed by atoms with E-state index in [1.54, 1.807) is 0 Å². The number of amides is 1. The third-order valence-electron chi connectivity index (χ3n) is 3.86. The van der Waals surface area contributed by atoms with Crippen LogP contribution in [0.2, 0.25) is 0 Å². The number of aromatic amines is 1. The summed E-state index contributed by atoms with van der Waals surface area (Å²) in [5, 5.41) is 10.0. The molecule has 1 aliphatic carbocycles. The van der Waals surface area contributed by atoms with Gasteiger partial charge >= 0.3 is 0 Å². The van der Waals surface area contributed by atoms with Crippen molar-refractivity contribution in [3.05, 3.63) is 11.8 Å². The maximum Gasteiger partial charge on any atom is 0.228 e. The van der Waals surface area contributed by atoms with Gasteiger partial charge in [0.25, 0.3) is 0 Å². The lowest BCUT2D eigenvalue weighted by molar-refractivity contribution is -0.121. The highest BCUT2D eigenvalue weighted by Gasteiger charge is 2.24. The monoisotopic (exact) mass is 249 g/mol. The first-order valence-electron chi connectivity index (χ1n) is 6.92. The van der Waals surface area contributed by atoms with Crippen molar-refractivity contribution in [2.75, 3.05) is 5.32 Å². The first-order valence-corrected chi connectivity index (χ1v) is 6.92. The molecule has 4 heteroatoms. The van der Waals surface area contributed by atoms with Crippen molar-refractivity contribution in [2.45, 2.75) is 52.4 Å². The lowest BCUT2D eigenvalue weighted by Gasteiger charge is -2.24. The van der Waals surface area contributed by atoms with E-state index in [1.165, 1.54) is 0 Å². The van der Waals surface area contributed by atoms with Crippen molar-refractivity contribution in [3.63, 3.8) is 0 Å². The SMILES string of the molecule is CC1CCC(C(=O)Nc2cc(C(C)C)[nH]n2)CC1. The van der Waals surface area contributed by atoms with Crippen molar-refractivity contribution in [1.82, 2.24) is 10.2 Å². The molecule has 0 atom stereocenters. The fourth-order valence-electron chi connectivity index (χ4n) is 2.45. The van der Waals surface area contributed by atoms with E-state index in [-0.39, 0.29) is 11.8 Å². The van der Waals surface area contributed by atoms with E-state index in [2.05, 4.69) is 36.3 Å². The molecule has 1 amide bonds. The summed E-state index contributed by atoms with van der Waals surface area (Å²) in [4.78, 5) is 12.1. The van der Waals surface area contributed by atoms with E-state index >= 15 is 0 Å². The van der Waals surface area contributed by atoms with Crippen molar-refractivity contribution in [1.29, 1.82) is 0 Å². The zero-order valence-electron chi connectivity index (χ0n) is 11.5. The standard InChI is InChI=1S/C14H23N3O/c1-9(2)12-8-13(17-16-12)15-14(18)11-6-4-10(3)5-7-11/h8-11H,4-7H2,1-3H3,(H2,15,16,17,18). The van der Waals surface area contributed by atoms with Crippen molar-refractivity contribution < 1.29 is 4.79 Å². The zero-order valence-corrected chi connectivity index (χ0v) is 11.5. The molecule has 0 saturated heterocycles. The number of hydrogen-bond acceptors (Lipinski definition) is 2. The van der Waals surface area contributed by atoms with Gasteiger partial charge in [-0.15, -0.1) is 0 Å². The third kappa shape index (κ3) is 3.12. The van der Waals surface area contributed by atoms with Gasteiger partial charge < -0.3 is 5.32 Å². The van der Waals surface area contributed by atoms with Crippen LogP contribution in [0.25, 0.3) is 0 Å². The molecule has 0 aliphatic heterocycles. The number of aromatic nitrogens is 2. The molecule has 4 nitrogen and oxygen atoms in total. The fraction of sp³-hybridized carbons (Fsp3) is 0.714. The Balaban J connectivity index is 1.90. The highest BCUT2D eigenvalue weighted by Crippen LogP contribution is 2.29. The van der Waals surface area contributed by atoms with Gasteiger partial charge in [0.05, 0.1) is 0 Å². The van der Waals surface area contributed by atoms with E-state index in [1.807, 2.05) is 6.07 Å². The fourth-order valence-corrected chi connectivity index (χ4v) is 2.45. The highest BCUT2D eigenvalue weighted by atomic mass is 16.1. The average Bonchev–Trinajstić information content (AvgIpc) is 2.78. The summed E-state index contributed by atoms with van der Waals surface area (Å²) in [6.45, 7) is 6.46. The summed E-state index contributed by atoms with van der Waals surface area (Å²) >= 11 is 0. The molecule has 0 spiro atoms. The summed E-state index contributed by atoms with van der Waals surface area (Å²) in [5.41, 5.74) is 1.06. The van der Waals surface area contributed by atoms with Crippen LogP contribution >= 0.6 is 0 Å². The molecule has 2 N–H and O–H groups in total. The van der Waals surface area contributed by atoms with Crippen LogP contribution in [-0.4, -0.2) is 16.1 Å². The Morgan fingerprint density at radius 1 is 1.39 bits per heavy atom. The quantitative estimate of drug-likeness (QED) is 0.863. The first-order chi connectivity index (χ1) is 8.56. The number of anilines is 1. The molecule has 1 aliphatic rings. The number of carbonyl (C=O) groups excluding carboxylic acids is 1. The molecule has 1 heterocycles. The maximum absolute atomic E-state index is 12.1. The van der Waals surface area contributed by atoms with Gasteiger partial charge in [0.2, 0.25) is 5.91 Å². The first kappa shape index (κ1) is 13.1. The van der Waals surface area contributed by atoms with Gasteiger partial charge in [0.1, 0.15) is 0 Å². The van der Waals surface area contributed by atoms with Crippen LogP contribution in [0.3, 0.4) is 0 Å². The molecule has 100 valence electrons. The number of hydrogen-bond donors (Lipinski definition) is 2. The Morgan fingerprint density at radius 3 is 2.61 bits per heavy atom. The van der Waals surface area contributed by atoms with Gasteiger partial charge in [-0.2, -0.15) is 5.10 Å². The lowest BCUT2D eigenvalue weighted by Crippen LogP contribution is -2.26. The Labute approximate surface area is 109 Å². The number of H-pyrrole nitrogens is 1. The summed E-state index contributed by atoms with van der Waals surface area (Å²) < 4.78 is 0. The Bertz CT molecular complexity index is 403. The van der Waals surface area contributed by atoms with Crippen LogP contribution in [-0.2, 0) is 4.79 Å². The number of nitrogens with zero attached hydrogens (tertiary/aromatic N) is 1. The van der Waals surface area contributed by atoms with Gasteiger partial charge in [-0.05, 0) is 37.5 Å². The van der Waals surface area contributed by atoms with Crippen molar-refractivity contribution >= 4 is 11.7 Å². The van der Waals surface area contributed by atoms with Gasteiger partial charge in [0.15, 0.2) is 5.82 Å². The predicted molar refractivity (Wildman–Crippen MR) is 72.4 cm³/mol. The molecule has 2 rings (SSSR count). The van der Waals surface area contributed by atoms with Crippen LogP contribution in [0.15, 0.2) is 6.07 Å². The minimum Gasteiger partial charge on any atom is -0.309 e. The molecular formula is C14H23N3O. The van der Waals surface area contributed by atoms with Crippen molar-refractivity contribution in [3.8, 4) is 0 Å². The molecule has 1 fully saturated rings. The molecule has 0 radical (unpaired) electrons. The minimum atomic E-state index is 0.128. The molecular weight excluding hydrogens is 226 g/mol. The second-order valence-corrected chi connectivity index (χ2v) is 5.81. The van der Waals surface area contributed by atoms with Gasteiger partial charge in [-0.1, -0.05) is 20.8 Å². The van der Waals surface area contributed by atoms with Crippen LogP contribution < -0.4 is 5.32 Å². The summed E-state index contributed by atoms with van der Waals surface area (Å²) in [6.07, 6.45) is 4.34. The zero-order chi connectivity index (χ0) is 13.1. The van der Waals surface area contributed by atoms with Crippen molar-refractivity contribution in [2.24, 2.45) is 11.8 Å². The smallest absolute Gasteiger partial charge is 0.228 e. The van der Waals surface area contributed by atoms with E-state index in [0.29, 0.717) is 11.7 Å². The van der Waals surface area contributed by atoms with Crippen LogP contribution in [0, 0.1) is 11.8 Å². The third-order valence-corrected chi connectivity index (χ3v) is 3.86. The van der Waals surface area contributed by atoms with Crippen LogP contribution in [0.1, 0.15) is 58.1 Å². The predicted octanol–water partition coefficient (Wildman–Crippen LogP) is 3.30. The Hall–Kier alpha value is -1.32. The van der Waals surface area contributed by atoms with Gasteiger partial charge in [-0.25, -0.2) is 0 Å². The van der Waals surface area contributed by atoms with E-state index in [0.717, 1.165) is 37.3 Å². The largest absolute Gasteiger partial charge is 0.309 e. The average molecular weight is 249 g/mol. The number of nitrogens with one attached hydrogen (secondary N) is 2. The van der Waals surface area contributed by atoms with Crippen LogP contribution in [0.5, 0.6) is 0 Å². The Kier molecular flexibility index (Phi) is 4.04. The number of carbonyl (C=O) groups is 1. The molecule has 0 unspecified atom stereocenters. The van der Waals surface area contributed by atoms with E-state index < -0.39 is 0 Å². The minimum absolute atomic E-state index is 0.128. The number of rotatable bonds is 3. The lowest BCUT2D eigenvalue weighted by atomic mass is 9.82. The van der Waals surface area contributed by atoms with Crippen LogP contribution in [0.4, 0.5) is 5.82 Å². The molecule has 1 aromatic rings.